The Morgan fingerprint density at radius 2 is 2.29 bits per heavy atom. The van der Waals surface area contributed by atoms with Gasteiger partial charge in [0.1, 0.15) is 0 Å². The zero-order chi connectivity index (χ0) is 10.2. The molecule has 0 aliphatic carbocycles. The Morgan fingerprint density at radius 1 is 1.50 bits per heavy atom. The Hall–Kier alpha value is -1.07. The Morgan fingerprint density at radius 3 is 3.00 bits per heavy atom. The van der Waals surface area contributed by atoms with Crippen LogP contribution in [0.25, 0.3) is 11.1 Å². The topological polar surface area (TPSA) is 60.2 Å². The SMILES string of the molecule is O=S(=O)(Cl)Cc1coc2ncccc12. The van der Waals surface area contributed by atoms with Gasteiger partial charge < -0.3 is 4.42 Å². The summed E-state index contributed by atoms with van der Waals surface area (Å²) in [6.07, 6.45) is 2.93. The van der Waals surface area contributed by atoms with Crippen LogP contribution in [-0.4, -0.2) is 13.4 Å². The number of hydrogen-bond donors (Lipinski definition) is 0. The van der Waals surface area contributed by atoms with E-state index in [1.807, 2.05) is 0 Å². The zero-order valence-electron chi connectivity index (χ0n) is 6.97. The van der Waals surface area contributed by atoms with Crippen LogP contribution in [0, 0.1) is 0 Å². The number of nitrogens with zero attached hydrogens (tertiary/aromatic N) is 1. The van der Waals surface area contributed by atoms with Crippen molar-refractivity contribution in [1.82, 2.24) is 4.98 Å². The van der Waals surface area contributed by atoms with Gasteiger partial charge in [-0.1, -0.05) is 0 Å². The van der Waals surface area contributed by atoms with Crippen molar-refractivity contribution < 1.29 is 12.8 Å². The maximum atomic E-state index is 10.8. The molecular formula is C8H6ClNO3S. The highest BCUT2D eigenvalue weighted by molar-refractivity contribution is 8.13. The maximum absolute atomic E-state index is 10.8. The average Bonchev–Trinajstić information content (AvgIpc) is 2.47. The molecule has 0 saturated heterocycles. The van der Waals surface area contributed by atoms with Crippen LogP contribution in [0.5, 0.6) is 0 Å². The van der Waals surface area contributed by atoms with E-state index in [4.69, 9.17) is 15.1 Å². The molecule has 0 N–H and O–H groups in total. The molecule has 74 valence electrons. The number of hydrogen-bond acceptors (Lipinski definition) is 4. The van der Waals surface area contributed by atoms with E-state index in [9.17, 15) is 8.42 Å². The van der Waals surface area contributed by atoms with Crippen LogP contribution in [0.3, 0.4) is 0 Å². The largest absolute Gasteiger partial charge is 0.446 e. The van der Waals surface area contributed by atoms with Gasteiger partial charge in [0.25, 0.3) is 0 Å². The van der Waals surface area contributed by atoms with Gasteiger partial charge >= 0.3 is 0 Å². The molecule has 0 unspecified atom stereocenters. The smallest absolute Gasteiger partial charge is 0.236 e. The summed E-state index contributed by atoms with van der Waals surface area (Å²) in [5, 5.41) is 0.678. The molecule has 2 heterocycles. The van der Waals surface area contributed by atoms with Crippen LogP contribution < -0.4 is 0 Å². The molecule has 2 aromatic heterocycles. The lowest BCUT2D eigenvalue weighted by Gasteiger charge is -1.92. The molecule has 0 radical (unpaired) electrons. The van der Waals surface area contributed by atoms with Crippen molar-refractivity contribution in [3.05, 3.63) is 30.2 Å². The van der Waals surface area contributed by atoms with Crippen molar-refractivity contribution >= 4 is 30.8 Å². The van der Waals surface area contributed by atoms with Gasteiger partial charge in [-0.15, -0.1) is 0 Å². The lowest BCUT2D eigenvalue weighted by molar-refractivity contribution is 0.595. The van der Waals surface area contributed by atoms with E-state index in [1.165, 1.54) is 6.26 Å². The van der Waals surface area contributed by atoms with E-state index in [0.717, 1.165) is 0 Å². The Labute approximate surface area is 84.9 Å². The quantitative estimate of drug-likeness (QED) is 0.741. The summed E-state index contributed by atoms with van der Waals surface area (Å²) in [5.41, 5.74) is 0.950. The molecule has 0 spiro atoms. The highest BCUT2D eigenvalue weighted by Crippen LogP contribution is 2.21. The fourth-order valence-electron chi connectivity index (χ4n) is 1.22. The second-order valence-electron chi connectivity index (χ2n) is 2.80. The van der Waals surface area contributed by atoms with Gasteiger partial charge in [0.05, 0.1) is 12.0 Å². The first-order valence-electron chi connectivity index (χ1n) is 3.80. The normalized spacial score (nSPS) is 12.1. The average molecular weight is 232 g/mol. The molecule has 2 rings (SSSR count). The summed E-state index contributed by atoms with van der Waals surface area (Å²) >= 11 is 0. The van der Waals surface area contributed by atoms with E-state index >= 15 is 0 Å². The highest BCUT2D eigenvalue weighted by Gasteiger charge is 2.13. The lowest BCUT2D eigenvalue weighted by Crippen LogP contribution is -1.93. The first kappa shape index (κ1) is 9.48. The molecule has 0 aromatic carbocycles. The summed E-state index contributed by atoms with van der Waals surface area (Å²) in [7, 11) is 1.58. The molecule has 0 saturated carbocycles. The minimum atomic E-state index is -3.55. The van der Waals surface area contributed by atoms with Crippen LogP contribution in [0.15, 0.2) is 29.0 Å². The van der Waals surface area contributed by atoms with Crippen molar-refractivity contribution in [2.75, 3.05) is 0 Å². The van der Waals surface area contributed by atoms with E-state index in [1.54, 1.807) is 18.3 Å². The van der Waals surface area contributed by atoms with Gasteiger partial charge in [-0.3, -0.25) is 0 Å². The number of halogens is 1. The third kappa shape index (κ3) is 1.88. The van der Waals surface area contributed by atoms with E-state index < -0.39 is 9.05 Å². The first-order chi connectivity index (χ1) is 6.56. The molecule has 0 aliphatic heterocycles. The molecule has 14 heavy (non-hydrogen) atoms. The molecule has 2 aromatic rings. The van der Waals surface area contributed by atoms with E-state index in [2.05, 4.69) is 4.98 Å². The van der Waals surface area contributed by atoms with Crippen LogP contribution >= 0.6 is 10.7 Å². The van der Waals surface area contributed by atoms with Crippen molar-refractivity contribution in [3.63, 3.8) is 0 Å². The lowest BCUT2D eigenvalue weighted by atomic mass is 10.2. The van der Waals surface area contributed by atoms with Crippen LogP contribution in [-0.2, 0) is 14.8 Å². The van der Waals surface area contributed by atoms with Gasteiger partial charge in [0, 0.05) is 27.8 Å². The van der Waals surface area contributed by atoms with Gasteiger partial charge in [0.2, 0.25) is 14.8 Å². The van der Waals surface area contributed by atoms with Crippen LogP contribution in [0.2, 0.25) is 0 Å². The number of furan rings is 1. The zero-order valence-corrected chi connectivity index (χ0v) is 8.55. The van der Waals surface area contributed by atoms with Gasteiger partial charge in [-0.05, 0) is 12.1 Å². The second-order valence-corrected chi connectivity index (χ2v) is 5.58. The van der Waals surface area contributed by atoms with Crippen molar-refractivity contribution in [2.45, 2.75) is 5.75 Å². The molecule has 0 aliphatic rings. The molecular weight excluding hydrogens is 226 g/mol. The van der Waals surface area contributed by atoms with E-state index in [0.29, 0.717) is 16.7 Å². The predicted octanol–water partition coefficient (Wildman–Crippen LogP) is 1.90. The number of rotatable bonds is 2. The van der Waals surface area contributed by atoms with Crippen molar-refractivity contribution in [2.24, 2.45) is 0 Å². The number of aromatic nitrogens is 1. The second kappa shape index (κ2) is 3.25. The minimum Gasteiger partial charge on any atom is -0.446 e. The molecule has 0 amide bonds. The predicted molar refractivity (Wildman–Crippen MR) is 52.5 cm³/mol. The molecule has 0 bridgehead atoms. The molecule has 6 heteroatoms. The number of fused-ring (bicyclic) bond motifs is 1. The van der Waals surface area contributed by atoms with Gasteiger partial charge in [0.15, 0.2) is 0 Å². The van der Waals surface area contributed by atoms with E-state index in [-0.39, 0.29) is 5.75 Å². The maximum Gasteiger partial charge on any atom is 0.236 e. The standard InChI is InChI=1S/C8H6ClNO3S/c9-14(11,12)5-6-4-13-8-7(6)2-1-3-10-8/h1-4H,5H2. The first-order valence-corrected chi connectivity index (χ1v) is 6.27. The Bertz CT molecular complexity index is 561. The Balaban J connectivity index is 2.54. The summed E-state index contributed by atoms with van der Waals surface area (Å²) < 4.78 is 26.8. The fourth-order valence-corrected chi connectivity index (χ4v) is 2.16. The van der Waals surface area contributed by atoms with Crippen LogP contribution in [0.4, 0.5) is 0 Å². The third-order valence-corrected chi connectivity index (χ3v) is 2.74. The van der Waals surface area contributed by atoms with Gasteiger partial charge in [-0.2, -0.15) is 0 Å². The number of pyridine rings is 1. The third-order valence-electron chi connectivity index (χ3n) is 1.76. The minimum absolute atomic E-state index is 0.243. The summed E-state index contributed by atoms with van der Waals surface area (Å²) in [6, 6.07) is 3.45. The highest BCUT2D eigenvalue weighted by atomic mass is 35.7. The fraction of sp³-hybridized carbons (Fsp3) is 0.125. The monoisotopic (exact) mass is 231 g/mol. The summed E-state index contributed by atoms with van der Waals surface area (Å²) in [6.45, 7) is 0. The molecule has 4 nitrogen and oxygen atoms in total. The van der Waals surface area contributed by atoms with Crippen molar-refractivity contribution in [3.8, 4) is 0 Å². The molecule has 0 atom stereocenters. The summed E-state index contributed by atoms with van der Waals surface area (Å²) in [5.74, 6) is -0.243. The van der Waals surface area contributed by atoms with Gasteiger partial charge in [-0.25, -0.2) is 13.4 Å². The Kier molecular flexibility index (Phi) is 2.20. The van der Waals surface area contributed by atoms with Crippen LogP contribution in [0.1, 0.15) is 5.56 Å². The summed E-state index contributed by atoms with van der Waals surface area (Å²) in [4.78, 5) is 3.93. The van der Waals surface area contributed by atoms with Crippen molar-refractivity contribution in [1.29, 1.82) is 0 Å². The molecule has 0 fully saturated rings.